The van der Waals surface area contributed by atoms with Crippen molar-refractivity contribution in [2.75, 3.05) is 24.7 Å². The molecule has 6 atom stereocenters. The molecule has 0 aromatic heterocycles. The van der Waals surface area contributed by atoms with Crippen molar-refractivity contribution in [3.8, 4) is 0 Å². The standard InChI is InChI=1S/C31H42N8O5S/c32-31(33)34-11-5-9-21-27(41)35-14-26(40)38-17-45-16-25(38)29(43)37-15-20-8-2-1-6-18(20)12-24(37)30(44)39-22-10-4-3-7-19(22)13-23(39)28(42)36-21/h1-2,6,8,19,21-25H,3-5,7,9-17H2,(H,35,41)(H,36,42)(H4,32,33,34)/t19-,21-,22-,23-,24+,25-/m0/s1. The van der Waals surface area contributed by atoms with Gasteiger partial charge in [0.2, 0.25) is 29.5 Å². The molecule has 1 saturated carbocycles. The summed E-state index contributed by atoms with van der Waals surface area (Å²) in [7, 11) is 0. The van der Waals surface area contributed by atoms with E-state index in [2.05, 4.69) is 15.6 Å². The average Bonchev–Trinajstić information content (AvgIpc) is 3.69. The zero-order chi connectivity index (χ0) is 31.7. The lowest BCUT2D eigenvalue weighted by Gasteiger charge is -2.42. The molecule has 6 rings (SSSR count). The number of amides is 5. The van der Waals surface area contributed by atoms with Gasteiger partial charge >= 0.3 is 0 Å². The van der Waals surface area contributed by atoms with Gasteiger partial charge in [-0.25, -0.2) is 0 Å². The number of nitrogens with two attached hydrogens (primary N) is 2. The molecular formula is C31H42N8O5S. The van der Waals surface area contributed by atoms with Crippen LogP contribution in [0.5, 0.6) is 0 Å². The lowest BCUT2D eigenvalue weighted by Crippen LogP contribution is -2.61. The summed E-state index contributed by atoms with van der Waals surface area (Å²) in [5.74, 6) is -0.985. The normalized spacial score (nSPS) is 30.6. The molecule has 45 heavy (non-hydrogen) atoms. The molecule has 0 spiro atoms. The summed E-state index contributed by atoms with van der Waals surface area (Å²) in [6.45, 7) is 0.212. The van der Waals surface area contributed by atoms with Crippen LogP contribution < -0.4 is 22.1 Å². The Kier molecular flexibility index (Phi) is 9.20. The van der Waals surface area contributed by atoms with Gasteiger partial charge in [0, 0.05) is 31.3 Å². The molecule has 0 radical (unpaired) electrons. The Morgan fingerprint density at radius 1 is 0.933 bits per heavy atom. The molecule has 1 aromatic rings. The van der Waals surface area contributed by atoms with Crippen molar-refractivity contribution in [2.24, 2.45) is 22.4 Å². The van der Waals surface area contributed by atoms with E-state index in [1.165, 1.54) is 16.7 Å². The highest BCUT2D eigenvalue weighted by atomic mass is 32.2. The highest BCUT2D eigenvalue weighted by Gasteiger charge is 2.52. The van der Waals surface area contributed by atoms with E-state index in [1.807, 2.05) is 24.3 Å². The molecule has 0 bridgehead atoms. The van der Waals surface area contributed by atoms with Gasteiger partial charge in [-0.05, 0) is 49.1 Å². The molecule has 4 heterocycles. The zero-order valence-corrected chi connectivity index (χ0v) is 26.2. The van der Waals surface area contributed by atoms with E-state index in [0.29, 0.717) is 30.9 Å². The van der Waals surface area contributed by atoms with Gasteiger partial charge in [0.05, 0.1) is 12.4 Å². The number of carbonyl (C=O) groups is 5. The highest BCUT2D eigenvalue weighted by molar-refractivity contribution is 7.99. The molecule has 4 aliphatic heterocycles. The van der Waals surface area contributed by atoms with Crippen LogP contribution in [0.1, 0.15) is 56.1 Å². The van der Waals surface area contributed by atoms with Gasteiger partial charge in [0.1, 0.15) is 24.2 Å². The SMILES string of the molecule is NC(N)=NCCC[C@@H]1NC(=O)[C@@H]2C[C@@H]3CCCC[C@@H]3N2C(=O)[C@H]2Cc3ccccc3CN2C(=O)[C@@H]2CSCN2C(=O)CNC1=O. The largest absolute Gasteiger partial charge is 0.370 e. The Morgan fingerprint density at radius 2 is 1.71 bits per heavy atom. The van der Waals surface area contributed by atoms with Gasteiger partial charge in [0.25, 0.3) is 0 Å². The van der Waals surface area contributed by atoms with Crippen LogP contribution in [-0.4, -0.2) is 105 Å². The average molecular weight is 639 g/mol. The molecule has 5 amide bonds. The van der Waals surface area contributed by atoms with Crippen molar-refractivity contribution in [1.29, 1.82) is 0 Å². The lowest BCUT2D eigenvalue weighted by molar-refractivity contribution is -0.154. The number of carbonyl (C=O) groups excluding carboxylic acids is 5. The molecule has 1 aliphatic carbocycles. The number of aliphatic imine (C=N–C) groups is 1. The van der Waals surface area contributed by atoms with Crippen LogP contribution in [0.4, 0.5) is 0 Å². The van der Waals surface area contributed by atoms with E-state index in [4.69, 9.17) is 11.5 Å². The quantitative estimate of drug-likeness (QED) is 0.196. The second kappa shape index (κ2) is 13.3. The first-order chi connectivity index (χ1) is 21.7. The number of hydrogen-bond donors (Lipinski definition) is 4. The van der Waals surface area contributed by atoms with E-state index in [0.717, 1.165) is 36.8 Å². The first kappa shape index (κ1) is 31.2. The third-order valence-electron chi connectivity index (χ3n) is 9.94. The fourth-order valence-electron chi connectivity index (χ4n) is 7.67. The Hall–Kier alpha value is -3.81. The van der Waals surface area contributed by atoms with Crippen LogP contribution in [0.25, 0.3) is 0 Å². The van der Waals surface area contributed by atoms with E-state index < -0.39 is 41.9 Å². The number of fused-ring (bicyclic) bond motifs is 6. The van der Waals surface area contributed by atoms with Gasteiger partial charge in [-0.15, -0.1) is 11.8 Å². The van der Waals surface area contributed by atoms with E-state index in [-0.39, 0.29) is 55.8 Å². The summed E-state index contributed by atoms with van der Waals surface area (Å²) >= 11 is 1.47. The Bertz CT molecular complexity index is 1390. The summed E-state index contributed by atoms with van der Waals surface area (Å²) in [6, 6.07) is 4.43. The second-order valence-corrected chi connectivity index (χ2v) is 13.7. The number of benzene rings is 1. The van der Waals surface area contributed by atoms with Crippen molar-refractivity contribution in [2.45, 2.75) is 88.1 Å². The summed E-state index contributed by atoms with van der Waals surface area (Å²) in [5.41, 5.74) is 12.9. The van der Waals surface area contributed by atoms with Crippen molar-refractivity contribution < 1.29 is 24.0 Å². The van der Waals surface area contributed by atoms with Crippen LogP contribution in [0, 0.1) is 5.92 Å². The number of guanidine groups is 1. The van der Waals surface area contributed by atoms with Gasteiger partial charge in [-0.1, -0.05) is 37.1 Å². The molecule has 1 aromatic carbocycles. The highest BCUT2D eigenvalue weighted by Crippen LogP contribution is 2.41. The molecule has 0 unspecified atom stereocenters. The summed E-state index contributed by atoms with van der Waals surface area (Å²) in [6.07, 6.45) is 5.22. The van der Waals surface area contributed by atoms with Crippen molar-refractivity contribution in [3.63, 3.8) is 0 Å². The van der Waals surface area contributed by atoms with Crippen LogP contribution in [0.3, 0.4) is 0 Å². The number of hydrogen-bond acceptors (Lipinski definition) is 7. The van der Waals surface area contributed by atoms with E-state index in [9.17, 15) is 24.0 Å². The molecular weight excluding hydrogens is 596 g/mol. The number of nitrogens with one attached hydrogen (secondary N) is 2. The van der Waals surface area contributed by atoms with Gasteiger partial charge in [-0.3, -0.25) is 29.0 Å². The first-order valence-corrected chi connectivity index (χ1v) is 17.1. The fourth-order valence-corrected chi connectivity index (χ4v) is 8.84. The summed E-state index contributed by atoms with van der Waals surface area (Å²) < 4.78 is 0. The minimum atomic E-state index is -0.951. The van der Waals surface area contributed by atoms with Crippen molar-refractivity contribution in [1.82, 2.24) is 25.3 Å². The topological polar surface area (TPSA) is 184 Å². The maximum Gasteiger partial charge on any atom is 0.247 e. The van der Waals surface area contributed by atoms with Gasteiger partial charge < -0.3 is 36.8 Å². The predicted molar refractivity (Wildman–Crippen MR) is 168 cm³/mol. The third kappa shape index (κ3) is 6.34. The molecule has 242 valence electrons. The minimum absolute atomic E-state index is 0.0640. The number of thioether (sulfide) groups is 1. The van der Waals surface area contributed by atoms with Crippen LogP contribution >= 0.6 is 11.8 Å². The third-order valence-corrected chi connectivity index (χ3v) is 11.0. The Balaban J connectivity index is 1.37. The minimum Gasteiger partial charge on any atom is -0.370 e. The van der Waals surface area contributed by atoms with Crippen LogP contribution in [-0.2, 0) is 36.9 Å². The smallest absolute Gasteiger partial charge is 0.247 e. The molecule has 13 nitrogen and oxygen atoms in total. The first-order valence-electron chi connectivity index (χ1n) is 15.9. The lowest BCUT2D eigenvalue weighted by atomic mass is 9.84. The molecule has 3 saturated heterocycles. The van der Waals surface area contributed by atoms with Gasteiger partial charge in [0.15, 0.2) is 5.96 Å². The molecule has 14 heteroatoms. The zero-order valence-electron chi connectivity index (χ0n) is 25.4. The Labute approximate surface area is 266 Å². The van der Waals surface area contributed by atoms with Gasteiger partial charge in [-0.2, -0.15) is 0 Å². The molecule has 5 aliphatic rings. The van der Waals surface area contributed by atoms with E-state index >= 15 is 0 Å². The maximum atomic E-state index is 14.8. The fraction of sp³-hybridized carbons (Fsp3) is 0.613. The summed E-state index contributed by atoms with van der Waals surface area (Å²) in [4.78, 5) is 78.8. The van der Waals surface area contributed by atoms with E-state index in [1.54, 1.807) is 9.80 Å². The Morgan fingerprint density at radius 3 is 2.51 bits per heavy atom. The number of nitrogens with zero attached hydrogens (tertiary/aromatic N) is 4. The number of rotatable bonds is 4. The molecule has 6 N–H and O–H groups in total. The molecule has 4 fully saturated rings. The second-order valence-electron chi connectivity index (χ2n) is 12.7. The monoisotopic (exact) mass is 638 g/mol. The van der Waals surface area contributed by atoms with Crippen molar-refractivity contribution >= 4 is 47.3 Å². The van der Waals surface area contributed by atoms with Crippen LogP contribution in [0.2, 0.25) is 0 Å². The summed E-state index contributed by atoms with van der Waals surface area (Å²) in [5, 5.41) is 5.61. The van der Waals surface area contributed by atoms with Crippen molar-refractivity contribution in [3.05, 3.63) is 35.4 Å². The maximum absolute atomic E-state index is 14.8. The van der Waals surface area contributed by atoms with Crippen LogP contribution in [0.15, 0.2) is 29.3 Å². The predicted octanol–water partition coefficient (Wildman–Crippen LogP) is -0.331.